The molecule has 3 aromatic carbocycles. The van der Waals surface area contributed by atoms with Crippen LogP contribution >= 0.6 is 0 Å². The van der Waals surface area contributed by atoms with Crippen LogP contribution in [0.15, 0.2) is 91.4 Å². The number of hydrogen-bond donors (Lipinski definition) is 2. The van der Waals surface area contributed by atoms with E-state index in [1.807, 2.05) is 90.7 Å². The summed E-state index contributed by atoms with van der Waals surface area (Å²) >= 11 is 0. The van der Waals surface area contributed by atoms with E-state index in [2.05, 4.69) is 34.7 Å². The zero-order chi connectivity index (χ0) is 22.3. The van der Waals surface area contributed by atoms with Gasteiger partial charge in [0, 0.05) is 17.6 Å². The number of imidazole rings is 1. The molecule has 2 N–H and O–H groups in total. The van der Waals surface area contributed by atoms with Gasteiger partial charge in [-0.2, -0.15) is 0 Å². The molecular formula is C27H28N4O. The van der Waals surface area contributed by atoms with Crippen LogP contribution in [-0.2, 0) is 12.8 Å². The van der Waals surface area contributed by atoms with E-state index in [4.69, 9.17) is 0 Å². The average Bonchev–Trinajstić information content (AvgIpc) is 3.25. The van der Waals surface area contributed by atoms with Crippen molar-refractivity contribution in [2.45, 2.75) is 32.7 Å². The molecular weight excluding hydrogens is 396 g/mol. The van der Waals surface area contributed by atoms with E-state index in [0.29, 0.717) is 0 Å². The first-order chi connectivity index (χ1) is 15.6. The first-order valence-electron chi connectivity index (χ1n) is 10.9. The van der Waals surface area contributed by atoms with Crippen molar-refractivity contribution in [3.05, 3.63) is 114 Å². The third-order valence-electron chi connectivity index (χ3n) is 5.50. The number of aryl methyl sites for hydroxylation is 2. The van der Waals surface area contributed by atoms with Gasteiger partial charge in [-0.25, -0.2) is 9.78 Å². The molecule has 0 aliphatic carbocycles. The maximum atomic E-state index is 12.9. The highest BCUT2D eigenvalue weighted by Crippen LogP contribution is 2.22. The Labute approximate surface area is 189 Å². The van der Waals surface area contributed by atoms with Crippen LogP contribution in [0.3, 0.4) is 0 Å². The number of nitrogens with zero attached hydrogens (tertiary/aromatic N) is 2. The van der Waals surface area contributed by atoms with Gasteiger partial charge in [-0.3, -0.25) is 0 Å². The lowest BCUT2D eigenvalue weighted by Gasteiger charge is -2.20. The van der Waals surface area contributed by atoms with Gasteiger partial charge in [0.2, 0.25) is 0 Å². The van der Waals surface area contributed by atoms with Crippen LogP contribution < -0.4 is 10.6 Å². The van der Waals surface area contributed by atoms with E-state index in [1.165, 1.54) is 5.56 Å². The molecule has 5 nitrogen and oxygen atoms in total. The highest BCUT2D eigenvalue weighted by molar-refractivity contribution is 5.89. The third kappa shape index (κ3) is 5.24. The molecule has 0 fully saturated rings. The Morgan fingerprint density at radius 3 is 2.38 bits per heavy atom. The highest BCUT2D eigenvalue weighted by atomic mass is 16.2. The Bertz CT molecular complexity index is 1170. The van der Waals surface area contributed by atoms with Crippen molar-refractivity contribution < 1.29 is 4.79 Å². The van der Waals surface area contributed by atoms with Gasteiger partial charge in [0.15, 0.2) is 0 Å². The molecule has 0 spiro atoms. The number of carbonyl (C=O) groups excluding carboxylic acids is 1. The topological polar surface area (TPSA) is 59.0 Å². The van der Waals surface area contributed by atoms with Gasteiger partial charge in [0.25, 0.3) is 0 Å². The molecule has 4 rings (SSSR count). The van der Waals surface area contributed by atoms with Crippen molar-refractivity contribution in [1.29, 1.82) is 0 Å². The summed E-state index contributed by atoms with van der Waals surface area (Å²) in [6.45, 7) is 4.08. The predicted octanol–water partition coefficient (Wildman–Crippen LogP) is 5.85. The van der Waals surface area contributed by atoms with Gasteiger partial charge < -0.3 is 15.2 Å². The van der Waals surface area contributed by atoms with E-state index in [1.54, 1.807) is 0 Å². The second kappa shape index (κ2) is 9.96. The van der Waals surface area contributed by atoms with E-state index in [-0.39, 0.29) is 12.1 Å². The van der Waals surface area contributed by atoms with Crippen LogP contribution in [-0.4, -0.2) is 15.6 Å². The van der Waals surface area contributed by atoms with E-state index in [0.717, 1.165) is 41.0 Å². The summed E-state index contributed by atoms with van der Waals surface area (Å²) in [7, 11) is 0. The largest absolute Gasteiger partial charge is 0.331 e. The van der Waals surface area contributed by atoms with Gasteiger partial charge in [-0.05, 0) is 54.7 Å². The lowest BCUT2D eigenvalue weighted by atomic mass is 9.99. The van der Waals surface area contributed by atoms with Gasteiger partial charge in [0.05, 0.1) is 18.1 Å². The van der Waals surface area contributed by atoms with Gasteiger partial charge in [-0.15, -0.1) is 0 Å². The monoisotopic (exact) mass is 424 g/mol. The Morgan fingerprint density at radius 1 is 1.00 bits per heavy atom. The minimum absolute atomic E-state index is 0.127. The van der Waals surface area contributed by atoms with Crippen LogP contribution in [0.1, 0.15) is 35.3 Å². The SMILES string of the molecule is CCc1cc(NC(=O)NC(Cc2ccccc2)c2ccccc2)ccc1-n1cnc(C)c1. The molecule has 0 radical (unpaired) electrons. The molecule has 5 heteroatoms. The number of carbonyl (C=O) groups is 1. The number of rotatable bonds is 7. The lowest BCUT2D eigenvalue weighted by Crippen LogP contribution is -2.33. The molecule has 2 amide bonds. The number of amides is 2. The summed E-state index contributed by atoms with van der Waals surface area (Å²) in [4.78, 5) is 17.2. The fourth-order valence-corrected chi connectivity index (χ4v) is 3.86. The molecule has 0 aliphatic rings. The molecule has 162 valence electrons. The number of urea groups is 1. The Hall–Kier alpha value is -3.86. The van der Waals surface area contributed by atoms with Crippen LogP contribution in [0.25, 0.3) is 5.69 Å². The van der Waals surface area contributed by atoms with Crippen molar-refractivity contribution in [2.75, 3.05) is 5.32 Å². The van der Waals surface area contributed by atoms with E-state index >= 15 is 0 Å². The Balaban J connectivity index is 1.50. The maximum Gasteiger partial charge on any atom is 0.319 e. The Kier molecular flexibility index (Phi) is 6.66. The van der Waals surface area contributed by atoms with Gasteiger partial charge in [0.1, 0.15) is 0 Å². The molecule has 1 atom stereocenters. The number of hydrogen-bond acceptors (Lipinski definition) is 2. The van der Waals surface area contributed by atoms with Gasteiger partial charge >= 0.3 is 6.03 Å². The van der Waals surface area contributed by atoms with Crippen LogP contribution in [0.5, 0.6) is 0 Å². The van der Waals surface area contributed by atoms with Crippen molar-refractivity contribution in [3.8, 4) is 5.69 Å². The summed E-state index contributed by atoms with van der Waals surface area (Å²) < 4.78 is 2.02. The molecule has 0 saturated heterocycles. The summed E-state index contributed by atoms with van der Waals surface area (Å²) in [5, 5.41) is 6.16. The molecule has 0 saturated carbocycles. The fourth-order valence-electron chi connectivity index (χ4n) is 3.86. The van der Waals surface area contributed by atoms with Crippen molar-refractivity contribution in [3.63, 3.8) is 0 Å². The smallest absolute Gasteiger partial charge is 0.319 e. The maximum absolute atomic E-state index is 12.9. The highest BCUT2D eigenvalue weighted by Gasteiger charge is 2.16. The van der Waals surface area contributed by atoms with Crippen LogP contribution in [0.4, 0.5) is 10.5 Å². The predicted molar refractivity (Wildman–Crippen MR) is 129 cm³/mol. The summed E-state index contributed by atoms with van der Waals surface area (Å²) in [5.41, 5.74) is 6.21. The first-order valence-corrected chi connectivity index (χ1v) is 10.9. The zero-order valence-corrected chi connectivity index (χ0v) is 18.5. The van der Waals surface area contributed by atoms with E-state index in [9.17, 15) is 4.79 Å². The summed E-state index contributed by atoms with van der Waals surface area (Å²) in [6, 6.07) is 25.9. The Morgan fingerprint density at radius 2 is 1.72 bits per heavy atom. The van der Waals surface area contributed by atoms with Gasteiger partial charge in [-0.1, -0.05) is 67.6 Å². The van der Waals surface area contributed by atoms with Crippen LogP contribution in [0.2, 0.25) is 0 Å². The van der Waals surface area contributed by atoms with Crippen molar-refractivity contribution in [1.82, 2.24) is 14.9 Å². The second-order valence-corrected chi connectivity index (χ2v) is 7.87. The second-order valence-electron chi connectivity index (χ2n) is 7.87. The number of benzene rings is 3. The fraction of sp³-hybridized carbons (Fsp3) is 0.185. The number of aromatic nitrogens is 2. The molecule has 1 heterocycles. The molecule has 4 aromatic rings. The van der Waals surface area contributed by atoms with Crippen molar-refractivity contribution >= 4 is 11.7 Å². The van der Waals surface area contributed by atoms with Crippen molar-refractivity contribution in [2.24, 2.45) is 0 Å². The molecule has 0 bridgehead atoms. The summed E-state index contributed by atoms with van der Waals surface area (Å²) in [5.74, 6) is 0. The minimum Gasteiger partial charge on any atom is -0.331 e. The molecule has 0 aliphatic heterocycles. The molecule has 32 heavy (non-hydrogen) atoms. The standard InChI is InChI=1S/C27H28N4O/c1-3-22-17-24(14-15-26(22)31-18-20(2)28-19-31)29-27(32)30-25(23-12-8-5-9-13-23)16-21-10-6-4-7-11-21/h4-15,17-19,25H,3,16H2,1-2H3,(H2,29,30,32). The minimum atomic E-state index is -0.219. The molecule has 1 aromatic heterocycles. The normalized spacial score (nSPS) is 11.7. The van der Waals surface area contributed by atoms with E-state index < -0.39 is 0 Å². The molecule has 1 unspecified atom stereocenters. The third-order valence-corrected chi connectivity index (χ3v) is 5.50. The quantitative estimate of drug-likeness (QED) is 0.391. The lowest BCUT2D eigenvalue weighted by molar-refractivity contribution is 0.248. The average molecular weight is 425 g/mol. The number of nitrogens with one attached hydrogen (secondary N) is 2. The first kappa shape index (κ1) is 21.4. The van der Waals surface area contributed by atoms with Crippen LogP contribution in [0, 0.1) is 6.92 Å². The zero-order valence-electron chi connectivity index (χ0n) is 18.5. The summed E-state index contributed by atoms with van der Waals surface area (Å²) in [6.07, 6.45) is 5.39. The number of anilines is 1.